The Labute approximate surface area is 122 Å². The first-order valence-electron chi connectivity index (χ1n) is 7.57. The van der Waals surface area contributed by atoms with Crippen molar-refractivity contribution in [3.63, 3.8) is 0 Å². The van der Waals surface area contributed by atoms with Crippen molar-refractivity contribution in [2.75, 3.05) is 6.61 Å². The lowest BCUT2D eigenvalue weighted by Crippen LogP contribution is -2.21. The van der Waals surface area contributed by atoms with Crippen LogP contribution in [0.4, 0.5) is 4.39 Å². The van der Waals surface area contributed by atoms with Crippen LogP contribution in [0.5, 0.6) is 0 Å². The highest BCUT2D eigenvalue weighted by atomic mass is 19.1. The molecule has 1 aromatic rings. The third kappa shape index (κ3) is 7.01. The van der Waals surface area contributed by atoms with Crippen LogP contribution in [0.3, 0.4) is 0 Å². The van der Waals surface area contributed by atoms with E-state index in [9.17, 15) is 4.39 Å². The number of hydrogen-bond acceptors (Lipinski definition) is 2. The largest absolute Gasteiger partial charge is 0.377 e. The second-order valence-corrected chi connectivity index (χ2v) is 6.05. The third-order valence-corrected chi connectivity index (χ3v) is 3.15. The number of hydrogen-bond donors (Lipinski definition) is 1. The van der Waals surface area contributed by atoms with Gasteiger partial charge in [-0.15, -0.1) is 0 Å². The summed E-state index contributed by atoms with van der Waals surface area (Å²) in [6.45, 7) is 10.4. The predicted molar refractivity (Wildman–Crippen MR) is 82.1 cm³/mol. The highest BCUT2D eigenvalue weighted by molar-refractivity contribution is 5.24. The van der Waals surface area contributed by atoms with Gasteiger partial charge >= 0.3 is 0 Å². The molecule has 20 heavy (non-hydrogen) atoms. The molecule has 0 heterocycles. The summed E-state index contributed by atoms with van der Waals surface area (Å²) in [5, 5.41) is 3.33. The standard InChI is InChI=1S/C17H28FNO/c1-13(2)6-5-9-20-12-16-10-15(7-8-17(16)18)11-19-14(3)4/h7-8,10,13-14,19H,5-6,9,11-12H2,1-4H3. The van der Waals surface area contributed by atoms with E-state index >= 15 is 0 Å². The summed E-state index contributed by atoms with van der Waals surface area (Å²) in [7, 11) is 0. The first-order valence-corrected chi connectivity index (χ1v) is 7.57. The molecule has 0 amide bonds. The molecule has 0 aliphatic carbocycles. The first kappa shape index (κ1) is 17.1. The normalized spacial score (nSPS) is 11.6. The molecular formula is C17H28FNO. The zero-order chi connectivity index (χ0) is 15.0. The van der Waals surface area contributed by atoms with Gasteiger partial charge in [0.2, 0.25) is 0 Å². The van der Waals surface area contributed by atoms with E-state index in [-0.39, 0.29) is 5.82 Å². The fraction of sp³-hybridized carbons (Fsp3) is 0.647. The molecule has 0 atom stereocenters. The SMILES string of the molecule is CC(C)CCCOCc1cc(CNC(C)C)ccc1F. The lowest BCUT2D eigenvalue weighted by Gasteiger charge is -2.11. The highest BCUT2D eigenvalue weighted by Crippen LogP contribution is 2.13. The van der Waals surface area contributed by atoms with E-state index in [4.69, 9.17) is 4.74 Å². The van der Waals surface area contributed by atoms with Crippen LogP contribution in [0.25, 0.3) is 0 Å². The smallest absolute Gasteiger partial charge is 0.128 e. The molecule has 0 aliphatic rings. The Bertz CT molecular complexity index is 391. The van der Waals surface area contributed by atoms with E-state index in [0.29, 0.717) is 30.7 Å². The van der Waals surface area contributed by atoms with E-state index in [2.05, 4.69) is 33.0 Å². The zero-order valence-electron chi connectivity index (χ0n) is 13.2. The maximum Gasteiger partial charge on any atom is 0.128 e. The Hall–Kier alpha value is -0.930. The molecule has 0 radical (unpaired) electrons. The van der Waals surface area contributed by atoms with Gasteiger partial charge in [-0.1, -0.05) is 33.8 Å². The van der Waals surface area contributed by atoms with E-state index in [1.165, 1.54) is 6.07 Å². The summed E-state index contributed by atoms with van der Waals surface area (Å²) in [6.07, 6.45) is 2.19. The number of ether oxygens (including phenoxy) is 1. The number of rotatable bonds is 9. The quantitative estimate of drug-likeness (QED) is 0.682. The minimum Gasteiger partial charge on any atom is -0.377 e. The van der Waals surface area contributed by atoms with Crippen molar-refractivity contribution in [1.82, 2.24) is 5.32 Å². The second-order valence-electron chi connectivity index (χ2n) is 6.05. The Kier molecular flexibility index (Phi) is 7.78. The van der Waals surface area contributed by atoms with Crippen LogP contribution >= 0.6 is 0 Å². The van der Waals surface area contributed by atoms with E-state index in [1.54, 1.807) is 0 Å². The van der Waals surface area contributed by atoms with Crippen LogP contribution in [0.15, 0.2) is 18.2 Å². The van der Waals surface area contributed by atoms with E-state index in [0.717, 1.165) is 24.9 Å². The topological polar surface area (TPSA) is 21.3 Å². The minimum atomic E-state index is -0.179. The monoisotopic (exact) mass is 281 g/mol. The molecule has 0 fully saturated rings. The Balaban J connectivity index is 2.41. The number of nitrogens with one attached hydrogen (secondary N) is 1. The van der Waals surface area contributed by atoms with Crippen molar-refractivity contribution in [2.45, 2.75) is 59.7 Å². The minimum absolute atomic E-state index is 0.179. The first-order chi connectivity index (χ1) is 9.49. The van der Waals surface area contributed by atoms with Gasteiger partial charge in [0.05, 0.1) is 6.61 Å². The summed E-state index contributed by atoms with van der Waals surface area (Å²) in [6, 6.07) is 5.68. The summed E-state index contributed by atoms with van der Waals surface area (Å²) in [4.78, 5) is 0. The number of halogens is 1. The van der Waals surface area contributed by atoms with Crippen LogP contribution in [-0.4, -0.2) is 12.6 Å². The molecule has 1 aromatic carbocycles. The molecular weight excluding hydrogens is 253 g/mol. The van der Waals surface area contributed by atoms with Crippen molar-refractivity contribution in [3.05, 3.63) is 35.1 Å². The molecule has 0 saturated carbocycles. The lowest BCUT2D eigenvalue weighted by atomic mass is 10.1. The zero-order valence-corrected chi connectivity index (χ0v) is 13.2. The molecule has 0 aliphatic heterocycles. The van der Waals surface area contributed by atoms with Gasteiger partial charge < -0.3 is 10.1 Å². The fourth-order valence-corrected chi connectivity index (χ4v) is 1.95. The summed E-state index contributed by atoms with van der Waals surface area (Å²) in [5.41, 5.74) is 1.75. The van der Waals surface area contributed by atoms with Crippen LogP contribution < -0.4 is 5.32 Å². The van der Waals surface area contributed by atoms with Crippen molar-refractivity contribution in [2.24, 2.45) is 5.92 Å². The second kappa shape index (κ2) is 9.09. The van der Waals surface area contributed by atoms with E-state index < -0.39 is 0 Å². The third-order valence-electron chi connectivity index (χ3n) is 3.15. The highest BCUT2D eigenvalue weighted by Gasteiger charge is 2.05. The van der Waals surface area contributed by atoms with Crippen molar-refractivity contribution in [3.8, 4) is 0 Å². The summed E-state index contributed by atoms with van der Waals surface area (Å²) >= 11 is 0. The molecule has 0 unspecified atom stereocenters. The molecule has 3 heteroatoms. The Morgan fingerprint density at radius 3 is 2.60 bits per heavy atom. The molecule has 1 rings (SSSR count). The van der Waals surface area contributed by atoms with Gasteiger partial charge in [0.25, 0.3) is 0 Å². The van der Waals surface area contributed by atoms with Gasteiger partial charge in [0, 0.05) is 24.8 Å². The number of benzene rings is 1. The molecule has 0 aromatic heterocycles. The van der Waals surface area contributed by atoms with Crippen LogP contribution in [0.1, 0.15) is 51.7 Å². The maximum absolute atomic E-state index is 13.7. The van der Waals surface area contributed by atoms with Crippen LogP contribution in [0, 0.1) is 11.7 Å². The molecule has 2 nitrogen and oxygen atoms in total. The molecule has 1 N–H and O–H groups in total. The molecule has 0 spiro atoms. The van der Waals surface area contributed by atoms with Gasteiger partial charge in [-0.2, -0.15) is 0 Å². The Morgan fingerprint density at radius 1 is 1.20 bits per heavy atom. The van der Waals surface area contributed by atoms with Crippen molar-refractivity contribution >= 4 is 0 Å². The average molecular weight is 281 g/mol. The van der Waals surface area contributed by atoms with Crippen LogP contribution in [-0.2, 0) is 17.9 Å². The summed E-state index contributed by atoms with van der Waals surface area (Å²) in [5.74, 6) is 0.517. The lowest BCUT2D eigenvalue weighted by molar-refractivity contribution is 0.112. The molecule has 0 bridgehead atoms. The average Bonchev–Trinajstić information content (AvgIpc) is 2.38. The van der Waals surface area contributed by atoms with Gasteiger partial charge in [-0.25, -0.2) is 4.39 Å². The van der Waals surface area contributed by atoms with E-state index in [1.807, 2.05) is 12.1 Å². The molecule has 114 valence electrons. The Morgan fingerprint density at radius 2 is 1.95 bits per heavy atom. The fourth-order valence-electron chi connectivity index (χ4n) is 1.95. The predicted octanol–water partition coefficient (Wildman–Crippen LogP) is 4.28. The maximum atomic E-state index is 13.7. The van der Waals surface area contributed by atoms with Gasteiger partial charge in [-0.3, -0.25) is 0 Å². The summed E-state index contributed by atoms with van der Waals surface area (Å²) < 4.78 is 19.3. The molecule has 0 saturated heterocycles. The van der Waals surface area contributed by atoms with Gasteiger partial charge in [-0.05, 0) is 36.5 Å². The van der Waals surface area contributed by atoms with Gasteiger partial charge in [0.1, 0.15) is 5.82 Å². The van der Waals surface area contributed by atoms with Crippen LogP contribution in [0.2, 0.25) is 0 Å². The van der Waals surface area contributed by atoms with Gasteiger partial charge in [0.15, 0.2) is 0 Å². The van der Waals surface area contributed by atoms with Crippen molar-refractivity contribution in [1.29, 1.82) is 0 Å². The van der Waals surface area contributed by atoms with Crippen molar-refractivity contribution < 1.29 is 9.13 Å².